The molecular formula is C13H13N5S2. The van der Waals surface area contributed by atoms with Gasteiger partial charge in [-0.3, -0.25) is 4.98 Å². The molecule has 0 bridgehead atoms. The van der Waals surface area contributed by atoms with E-state index in [9.17, 15) is 0 Å². The maximum absolute atomic E-state index is 6.02. The van der Waals surface area contributed by atoms with Crippen LogP contribution >= 0.6 is 22.9 Å². The Kier molecular flexibility index (Phi) is 3.62. The van der Waals surface area contributed by atoms with Crippen molar-refractivity contribution in [3.05, 3.63) is 41.1 Å². The van der Waals surface area contributed by atoms with E-state index in [2.05, 4.69) is 19.2 Å². The van der Waals surface area contributed by atoms with Crippen molar-refractivity contribution in [1.82, 2.24) is 14.3 Å². The molecule has 0 amide bonds. The highest BCUT2D eigenvalue weighted by Gasteiger charge is 2.17. The number of hydrogen-bond donors (Lipinski definition) is 1. The summed E-state index contributed by atoms with van der Waals surface area (Å²) in [7, 11) is 2.02. The second-order valence-electron chi connectivity index (χ2n) is 4.33. The van der Waals surface area contributed by atoms with E-state index in [4.69, 9.17) is 5.73 Å². The fraction of sp³-hybridized carbons (Fsp3) is 0.154. The number of nitrogen functional groups attached to an aromatic ring is 1. The van der Waals surface area contributed by atoms with E-state index in [0.717, 1.165) is 28.4 Å². The molecule has 0 aliphatic heterocycles. The summed E-state index contributed by atoms with van der Waals surface area (Å²) in [6, 6.07) is 3.89. The molecule has 0 fully saturated rings. The minimum atomic E-state index is 0.545. The van der Waals surface area contributed by atoms with Gasteiger partial charge >= 0.3 is 0 Å². The van der Waals surface area contributed by atoms with Crippen LogP contribution in [0.3, 0.4) is 0 Å². The first kappa shape index (κ1) is 13.0. The number of nitrogens with zero attached hydrogens (tertiary/aromatic N) is 4. The zero-order valence-corrected chi connectivity index (χ0v) is 12.5. The van der Waals surface area contributed by atoms with E-state index in [0.29, 0.717) is 5.82 Å². The van der Waals surface area contributed by atoms with E-state index in [1.807, 2.05) is 30.1 Å². The number of anilines is 2. The fourth-order valence-corrected chi connectivity index (χ4v) is 3.31. The van der Waals surface area contributed by atoms with Crippen LogP contribution in [0.25, 0.3) is 11.1 Å². The Morgan fingerprint density at radius 1 is 1.40 bits per heavy atom. The van der Waals surface area contributed by atoms with Gasteiger partial charge in [0.25, 0.3) is 0 Å². The molecule has 0 unspecified atom stereocenters. The Hall–Kier alpha value is -1.99. The molecule has 0 atom stereocenters. The molecule has 5 nitrogen and oxygen atoms in total. The van der Waals surface area contributed by atoms with E-state index in [1.54, 1.807) is 23.7 Å². The molecule has 7 heteroatoms. The number of pyridine rings is 1. The molecule has 0 aliphatic rings. The number of hydrogen-bond acceptors (Lipinski definition) is 7. The summed E-state index contributed by atoms with van der Waals surface area (Å²) in [6.45, 7) is 0.735. The summed E-state index contributed by atoms with van der Waals surface area (Å²) in [5.41, 5.74) is 10.8. The summed E-state index contributed by atoms with van der Waals surface area (Å²) >= 11 is 3.00. The maximum Gasteiger partial charge on any atom is 0.147 e. The predicted octanol–water partition coefficient (Wildman–Crippen LogP) is 2.88. The van der Waals surface area contributed by atoms with Crippen LogP contribution in [0.1, 0.15) is 5.69 Å². The Balaban J connectivity index is 1.94. The number of aromatic nitrogens is 3. The minimum absolute atomic E-state index is 0.545. The van der Waals surface area contributed by atoms with Crippen molar-refractivity contribution in [3.8, 4) is 11.1 Å². The van der Waals surface area contributed by atoms with Crippen LogP contribution in [0, 0.1) is 0 Å². The van der Waals surface area contributed by atoms with Crippen LogP contribution in [-0.4, -0.2) is 21.4 Å². The normalized spacial score (nSPS) is 10.7. The number of nitrogens with two attached hydrogens (primary N) is 1. The van der Waals surface area contributed by atoms with Gasteiger partial charge in [-0.25, -0.2) is 4.98 Å². The van der Waals surface area contributed by atoms with Crippen LogP contribution in [-0.2, 0) is 6.54 Å². The zero-order valence-electron chi connectivity index (χ0n) is 10.9. The summed E-state index contributed by atoms with van der Waals surface area (Å²) < 4.78 is 4.28. The lowest BCUT2D eigenvalue weighted by Gasteiger charge is -2.17. The first-order valence-electron chi connectivity index (χ1n) is 5.99. The van der Waals surface area contributed by atoms with Crippen molar-refractivity contribution in [2.24, 2.45) is 0 Å². The topological polar surface area (TPSA) is 67.9 Å². The third-order valence-corrected chi connectivity index (χ3v) is 4.49. The van der Waals surface area contributed by atoms with Gasteiger partial charge in [-0.1, -0.05) is 6.07 Å². The molecule has 0 aromatic carbocycles. The molecule has 3 heterocycles. The van der Waals surface area contributed by atoms with Gasteiger partial charge in [0, 0.05) is 30.4 Å². The molecule has 0 saturated carbocycles. The van der Waals surface area contributed by atoms with Gasteiger partial charge in [0.05, 0.1) is 23.3 Å². The summed E-state index contributed by atoms with van der Waals surface area (Å²) in [5, 5.41) is 3.08. The molecule has 0 saturated heterocycles. The first-order valence-corrected chi connectivity index (χ1v) is 7.71. The second-order valence-corrected chi connectivity index (χ2v) is 5.80. The van der Waals surface area contributed by atoms with Gasteiger partial charge < -0.3 is 10.6 Å². The van der Waals surface area contributed by atoms with Crippen molar-refractivity contribution >= 4 is 33.7 Å². The van der Waals surface area contributed by atoms with Crippen LogP contribution in [0.4, 0.5) is 10.8 Å². The largest absolute Gasteiger partial charge is 0.382 e. The van der Waals surface area contributed by atoms with Gasteiger partial charge in [0.1, 0.15) is 10.8 Å². The van der Waals surface area contributed by atoms with E-state index < -0.39 is 0 Å². The molecular weight excluding hydrogens is 290 g/mol. The average Bonchev–Trinajstić information content (AvgIpc) is 3.09. The molecule has 20 heavy (non-hydrogen) atoms. The van der Waals surface area contributed by atoms with Crippen molar-refractivity contribution < 1.29 is 0 Å². The number of rotatable bonds is 4. The molecule has 3 aromatic rings. The Labute approximate surface area is 124 Å². The lowest BCUT2D eigenvalue weighted by molar-refractivity contribution is 0.905. The maximum atomic E-state index is 6.02. The van der Waals surface area contributed by atoms with Gasteiger partial charge in [-0.05, 0) is 17.6 Å². The van der Waals surface area contributed by atoms with Crippen LogP contribution in [0.15, 0.2) is 35.4 Å². The second kappa shape index (κ2) is 5.56. The van der Waals surface area contributed by atoms with Crippen molar-refractivity contribution in [3.63, 3.8) is 0 Å². The molecule has 0 radical (unpaired) electrons. The average molecular weight is 303 g/mol. The zero-order chi connectivity index (χ0) is 13.9. The van der Waals surface area contributed by atoms with Crippen molar-refractivity contribution in [1.29, 1.82) is 0 Å². The third kappa shape index (κ3) is 2.50. The Bertz CT molecular complexity index is 678. The van der Waals surface area contributed by atoms with Gasteiger partial charge in [0.2, 0.25) is 0 Å². The SMILES string of the molecule is CN(Cc1cscn1)c1snc(N)c1-c1cccnc1. The molecule has 102 valence electrons. The van der Waals surface area contributed by atoms with Crippen LogP contribution in [0.2, 0.25) is 0 Å². The lowest BCUT2D eigenvalue weighted by Crippen LogP contribution is -2.16. The summed E-state index contributed by atoms with van der Waals surface area (Å²) in [4.78, 5) is 10.6. The Morgan fingerprint density at radius 2 is 2.30 bits per heavy atom. The standard InChI is InChI=1S/C13H13N5S2/c1-18(6-10-7-19-8-16-10)13-11(12(14)17-20-13)9-3-2-4-15-5-9/h2-5,7-8H,6H2,1H3,(H2,14,17). The third-order valence-electron chi connectivity index (χ3n) is 2.88. The fourth-order valence-electron chi connectivity index (χ4n) is 1.97. The molecule has 3 aromatic heterocycles. The van der Waals surface area contributed by atoms with Crippen LogP contribution < -0.4 is 10.6 Å². The highest BCUT2D eigenvalue weighted by molar-refractivity contribution is 7.11. The quantitative estimate of drug-likeness (QED) is 0.802. The van der Waals surface area contributed by atoms with E-state index in [-0.39, 0.29) is 0 Å². The Morgan fingerprint density at radius 3 is 3.00 bits per heavy atom. The number of thiazole rings is 1. The smallest absolute Gasteiger partial charge is 0.147 e. The minimum Gasteiger partial charge on any atom is -0.382 e. The highest BCUT2D eigenvalue weighted by Crippen LogP contribution is 2.38. The van der Waals surface area contributed by atoms with Crippen molar-refractivity contribution in [2.45, 2.75) is 6.54 Å². The summed E-state index contributed by atoms with van der Waals surface area (Å²) in [5.74, 6) is 0.545. The molecule has 3 rings (SSSR count). The lowest BCUT2D eigenvalue weighted by atomic mass is 10.1. The van der Waals surface area contributed by atoms with E-state index in [1.165, 1.54) is 11.5 Å². The highest BCUT2D eigenvalue weighted by atomic mass is 32.1. The van der Waals surface area contributed by atoms with Gasteiger partial charge in [-0.2, -0.15) is 4.37 Å². The first-order chi connectivity index (χ1) is 9.75. The van der Waals surface area contributed by atoms with Gasteiger partial charge in [0.15, 0.2) is 0 Å². The predicted molar refractivity (Wildman–Crippen MR) is 84.0 cm³/mol. The van der Waals surface area contributed by atoms with E-state index >= 15 is 0 Å². The van der Waals surface area contributed by atoms with Gasteiger partial charge in [-0.15, -0.1) is 11.3 Å². The summed E-state index contributed by atoms with van der Waals surface area (Å²) in [6.07, 6.45) is 3.55. The molecule has 0 aliphatic carbocycles. The van der Waals surface area contributed by atoms with Crippen LogP contribution in [0.5, 0.6) is 0 Å². The molecule has 2 N–H and O–H groups in total. The molecule has 0 spiro atoms. The monoisotopic (exact) mass is 303 g/mol. The van der Waals surface area contributed by atoms with Crippen molar-refractivity contribution in [2.75, 3.05) is 17.7 Å².